The molecule has 0 bridgehead atoms. The van der Waals surface area contributed by atoms with Crippen LogP contribution in [0.25, 0.3) is 0 Å². The zero-order valence-corrected chi connectivity index (χ0v) is 6.45. The fourth-order valence-electron chi connectivity index (χ4n) is 0.802. The van der Waals surface area contributed by atoms with Gasteiger partial charge in [0.25, 0.3) is 0 Å². The molecule has 0 amide bonds. The van der Waals surface area contributed by atoms with Gasteiger partial charge in [-0.2, -0.15) is 0 Å². The molecule has 0 aliphatic heterocycles. The van der Waals surface area contributed by atoms with Gasteiger partial charge in [-0.25, -0.2) is 0 Å². The van der Waals surface area contributed by atoms with Gasteiger partial charge in [0.15, 0.2) is 0 Å². The maximum Gasteiger partial charge on any atom is -0.00484 e. The first kappa shape index (κ1) is 8.96. The normalized spacial score (nSPS) is 10.0. The van der Waals surface area contributed by atoms with E-state index in [-0.39, 0.29) is 0 Å². The van der Waals surface area contributed by atoms with Crippen LogP contribution in [0.1, 0.15) is 32.6 Å². The molecule has 0 fully saturated rings. The molecule has 1 radical (unpaired) electrons. The predicted octanol–water partition coefficient (Wildman–Crippen LogP) is 1.99. The van der Waals surface area contributed by atoms with E-state index in [1.54, 1.807) is 0 Å². The van der Waals surface area contributed by atoms with Crippen molar-refractivity contribution < 1.29 is 0 Å². The summed E-state index contributed by atoms with van der Waals surface area (Å²) in [6.07, 6.45) is 5.37. The van der Waals surface area contributed by atoms with Crippen LogP contribution in [0.2, 0.25) is 0 Å². The van der Waals surface area contributed by atoms with Crippen LogP contribution in [0, 0.1) is 6.92 Å². The van der Waals surface area contributed by atoms with Gasteiger partial charge in [-0.3, -0.25) is 0 Å². The van der Waals surface area contributed by atoms with Gasteiger partial charge in [0.2, 0.25) is 0 Å². The molecule has 0 heterocycles. The molecule has 0 aromatic rings. The summed E-state index contributed by atoms with van der Waals surface area (Å²) in [4.78, 5) is 0. The predicted molar refractivity (Wildman–Crippen MR) is 42.4 cm³/mol. The summed E-state index contributed by atoms with van der Waals surface area (Å²) in [5, 5.41) is 3.20. The smallest absolute Gasteiger partial charge is 0.00484 e. The van der Waals surface area contributed by atoms with Crippen molar-refractivity contribution in [3.8, 4) is 0 Å². The molecule has 1 N–H and O–H groups in total. The Kier molecular flexibility index (Phi) is 7.92. The van der Waals surface area contributed by atoms with E-state index < -0.39 is 0 Å². The highest BCUT2D eigenvalue weighted by Gasteiger charge is 1.84. The minimum atomic E-state index is 0.867. The van der Waals surface area contributed by atoms with Crippen LogP contribution in [0.15, 0.2) is 0 Å². The van der Waals surface area contributed by atoms with Gasteiger partial charge in [0, 0.05) is 0 Å². The summed E-state index contributed by atoms with van der Waals surface area (Å²) in [7, 11) is 0. The monoisotopic (exact) mass is 128 g/mol. The zero-order valence-electron chi connectivity index (χ0n) is 6.45. The largest absolute Gasteiger partial charge is 0.317 e. The minimum Gasteiger partial charge on any atom is -0.317 e. The van der Waals surface area contributed by atoms with Crippen molar-refractivity contribution >= 4 is 0 Å². The van der Waals surface area contributed by atoms with E-state index in [1.165, 1.54) is 25.7 Å². The molecule has 0 aromatic heterocycles. The van der Waals surface area contributed by atoms with Crippen molar-refractivity contribution in [2.24, 2.45) is 0 Å². The van der Waals surface area contributed by atoms with Gasteiger partial charge in [0.1, 0.15) is 0 Å². The summed E-state index contributed by atoms with van der Waals surface area (Å²) in [6, 6.07) is 0. The molecule has 0 aliphatic rings. The Morgan fingerprint density at radius 1 is 1.22 bits per heavy atom. The van der Waals surface area contributed by atoms with Crippen LogP contribution in [-0.4, -0.2) is 13.1 Å². The van der Waals surface area contributed by atoms with Gasteiger partial charge in [-0.15, -0.1) is 0 Å². The van der Waals surface area contributed by atoms with Gasteiger partial charge in [-0.05, 0) is 26.4 Å². The van der Waals surface area contributed by atoms with E-state index >= 15 is 0 Å². The number of hydrogen-bond acceptors (Lipinski definition) is 1. The minimum absolute atomic E-state index is 0.867. The third-order valence-electron chi connectivity index (χ3n) is 1.38. The third-order valence-corrected chi connectivity index (χ3v) is 1.38. The first-order valence-electron chi connectivity index (χ1n) is 3.91. The highest BCUT2D eigenvalue weighted by atomic mass is 14.8. The quantitative estimate of drug-likeness (QED) is 0.539. The molecule has 0 unspecified atom stereocenters. The van der Waals surface area contributed by atoms with Gasteiger partial charge in [-0.1, -0.05) is 26.2 Å². The molecule has 0 aliphatic carbocycles. The third kappa shape index (κ3) is 7.96. The Morgan fingerprint density at radius 3 is 2.56 bits per heavy atom. The van der Waals surface area contributed by atoms with Crippen LogP contribution in [0.4, 0.5) is 0 Å². The fourth-order valence-corrected chi connectivity index (χ4v) is 0.802. The van der Waals surface area contributed by atoms with Crippen LogP contribution in [0.5, 0.6) is 0 Å². The summed E-state index contributed by atoms with van der Waals surface area (Å²) < 4.78 is 0. The number of nitrogens with one attached hydrogen (secondary N) is 1. The molecular formula is C8H18N. The molecule has 1 nitrogen and oxygen atoms in total. The van der Waals surface area contributed by atoms with Crippen molar-refractivity contribution in [2.75, 3.05) is 13.1 Å². The summed E-state index contributed by atoms with van der Waals surface area (Å²) in [5.74, 6) is 0. The maximum atomic E-state index is 3.69. The van der Waals surface area contributed by atoms with E-state index in [1.807, 2.05) is 0 Å². The molecule has 1 heteroatoms. The Labute approximate surface area is 58.8 Å². The Balaban J connectivity index is 2.60. The van der Waals surface area contributed by atoms with E-state index in [0.717, 1.165) is 13.1 Å². The van der Waals surface area contributed by atoms with E-state index in [2.05, 4.69) is 19.2 Å². The van der Waals surface area contributed by atoms with Crippen LogP contribution in [0.3, 0.4) is 0 Å². The maximum absolute atomic E-state index is 3.69. The molecule has 0 rings (SSSR count). The second kappa shape index (κ2) is 7.96. The van der Waals surface area contributed by atoms with Gasteiger partial charge < -0.3 is 5.32 Å². The summed E-state index contributed by atoms with van der Waals surface area (Å²) >= 11 is 0. The van der Waals surface area contributed by atoms with Gasteiger partial charge in [0.05, 0.1) is 0 Å². The first-order chi connectivity index (χ1) is 4.41. The molecule has 0 saturated carbocycles. The Morgan fingerprint density at radius 2 is 2.00 bits per heavy atom. The van der Waals surface area contributed by atoms with Crippen LogP contribution in [-0.2, 0) is 0 Å². The SMILES string of the molecule is [CH2]CNCCCCCC. The van der Waals surface area contributed by atoms with E-state index in [4.69, 9.17) is 0 Å². The highest BCUT2D eigenvalue weighted by molar-refractivity contribution is 4.48. The lowest BCUT2D eigenvalue weighted by atomic mass is 10.2. The summed E-state index contributed by atoms with van der Waals surface area (Å²) in [6.45, 7) is 7.93. The van der Waals surface area contributed by atoms with Crippen molar-refractivity contribution in [2.45, 2.75) is 32.6 Å². The van der Waals surface area contributed by atoms with Crippen molar-refractivity contribution in [1.82, 2.24) is 5.32 Å². The zero-order chi connectivity index (χ0) is 6.95. The average molecular weight is 128 g/mol. The Bertz CT molecular complexity index is 37.8. The van der Waals surface area contributed by atoms with Crippen LogP contribution < -0.4 is 5.32 Å². The topological polar surface area (TPSA) is 12.0 Å². The number of unbranched alkanes of at least 4 members (excludes halogenated alkanes) is 3. The van der Waals surface area contributed by atoms with Crippen molar-refractivity contribution in [3.63, 3.8) is 0 Å². The standard InChI is InChI=1S/C8H18N/c1-3-5-6-7-8-9-4-2/h9H,2-8H2,1H3. The van der Waals surface area contributed by atoms with Crippen LogP contribution >= 0.6 is 0 Å². The van der Waals surface area contributed by atoms with E-state index in [9.17, 15) is 0 Å². The van der Waals surface area contributed by atoms with Crippen molar-refractivity contribution in [1.29, 1.82) is 0 Å². The number of rotatable bonds is 6. The molecule has 0 atom stereocenters. The number of hydrogen-bond donors (Lipinski definition) is 1. The summed E-state index contributed by atoms with van der Waals surface area (Å²) in [5.41, 5.74) is 0. The fraction of sp³-hybridized carbons (Fsp3) is 0.875. The highest BCUT2D eigenvalue weighted by Crippen LogP contribution is 1.96. The lowest BCUT2D eigenvalue weighted by molar-refractivity contribution is 0.620. The molecule has 0 saturated heterocycles. The van der Waals surface area contributed by atoms with E-state index in [0.29, 0.717) is 0 Å². The average Bonchev–Trinajstić information content (AvgIpc) is 1.89. The van der Waals surface area contributed by atoms with Gasteiger partial charge >= 0.3 is 0 Å². The molecule has 0 spiro atoms. The first-order valence-corrected chi connectivity index (χ1v) is 3.91. The second-order valence-electron chi connectivity index (χ2n) is 2.31. The molecule has 0 aromatic carbocycles. The molecular weight excluding hydrogens is 110 g/mol. The lowest BCUT2D eigenvalue weighted by Crippen LogP contribution is -2.13. The lowest BCUT2D eigenvalue weighted by Gasteiger charge is -1.98. The second-order valence-corrected chi connectivity index (χ2v) is 2.31. The molecule has 9 heavy (non-hydrogen) atoms. The molecule has 55 valence electrons. The Hall–Kier alpha value is -0.0400. The van der Waals surface area contributed by atoms with Crippen molar-refractivity contribution in [3.05, 3.63) is 6.92 Å².